The van der Waals surface area contributed by atoms with E-state index in [0.29, 0.717) is 24.8 Å². The molecule has 0 aliphatic carbocycles. The quantitative estimate of drug-likeness (QED) is 0.546. The van der Waals surface area contributed by atoms with Gasteiger partial charge in [0.15, 0.2) is 0 Å². The molecule has 0 unspecified atom stereocenters. The maximum atomic E-state index is 12.9. The van der Waals surface area contributed by atoms with Crippen LogP contribution < -0.4 is 19.7 Å². The van der Waals surface area contributed by atoms with Crippen LogP contribution >= 0.6 is 0 Å². The van der Waals surface area contributed by atoms with Gasteiger partial charge in [0.25, 0.3) is 10.0 Å². The van der Waals surface area contributed by atoms with Crippen molar-refractivity contribution in [3.05, 3.63) is 66.4 Å². The molecule has 0 bridgehead atoms. The fourth-order valence-electron chi connectivity index (χ4n) is 3.39. The van der Waals surface area contributed by atoms with E-state index in [1.165, 1.54) is 31.5 Å². The molecular weight excluding hydrogens is 442 g/mol. The number of methoxy groups -OCH3 is 1. The summed E-state index contributed by atoms with van der Waals surface area (Å²) in [4.78, 5) is 6.51. The number of sulfonamides is 1. The summed E-state index contributed by atoms with van der Waals surface area (Å²) in [7, 11) is -2.48. The zero-order valence-electron chi connectivity index (χ0n) is 18.0. The highest BCUT2D eigenvalue weighted by atomic mass is 32.2. The molecule has 33 heavy (non-hydrogen) atoms. The van der Waals surface area contributed by atoms with E-state index >= 15 is 0 Å². The lowest BCUT2D eigenvalue weighted by atomic mass is 10.2. The van der Waals surface area contributed by atoms with Crippen LogP contribution in [-0.4, -0.2) is 46.8 Å². The second-order valence-electron chi connectivity index (χ2n) is 7.28. The van der Waals surface area contributed by atoms with Gasteiger partial charge in [-0.05, 0) is 36.4 Å². The molecule has 10 heteroatoms. The molecule has 2 aromatic carbocycles. The lowest BCUT2D eigenvalue weighted by Crippen LogP contribution is -2.36. The topological polar surface area (TPSA) is 117 Å². The zero-order valence-corrected chi connectivity index (χ0v) is 18.8. The Balaban J connectivity index is 1.53. The molecule has 1 aromatic heterocycles. The summed E-state index contributed by atoms with van der Waals surface area (Å²) in [6.07, 6.45) is 1.33. The van der Waals surface area contributed by atoms with E-state index in [0.717, 1.165) is 24.5 Å². The van der Waals surface area contributed by atoms with Crippen molar-refractivity contribution < 1.29 is 17.9 Å². The van der Waals surface area contributed by atoms with E-state index in [9.17, 15) is 13.7 Å². The number of benzene rings is 2. The van der Waals surface area contributed by atoms with E-state index in [-0.39, 0.29) is 16.1 Å². The molecule has 0 amide bonds. The first-order valence-electron chi connectivity index (χ1n) is 10.3. The average Bonchev–Trinajstić information content (AvgIpc) is 2.85. The van der Waals surface area contributed by atoms with Gasteiger partial charge in [0.1, 0.15) is 17.6 Å². The lowest BCUT2D eigenvalue weighted by Gasteiger charge is -2.28. The van der Waals surface area contributed by atoms with Crippen molar-refractivity contribution in [2.24, 2.45) is 0 Å². The van der Waals surface area contributed by atoms with Gasteiger partial charge in [0.2, 0.25) is 0 Å². The minimum atomic E-state index is -3.94. The Morgan fingerprint density at radius 1 is 1.12 bits per heavy atom. The summed E-state index contributed by atoms with van der Waals surface area (Å²) in [5.41, 5.74) is 2.12. The number of nitrogens with one attached hydrogen (secondary N) is 2. The van der Waals surface area contributed by atoms with E-state index in [1.54, 1.807) is 12.1 Å². The minimum Gasteiger partial charge on any atom is -0.497 e. The molecule has 1 aliphatic rings. The molecule has 0 radical (unpaired) electrons. The normalized spacial score (nSPS) is 13.8. The van der Waals surface area contributed by atoms with Crippen molar-refractivity contribution in [3.63, 3.8) is 0 Å². The van der Waals surface area contributed by atoms with Gasteiger partial charge < -0.3 is 19.7 Å². The lowest BCUT2D eigenvalue weighted by molar-refractivity contribution is 0.122. The largest absolute Gasteiger partial charge is 0.497 e. The molecule has 170 valence electrons. The number of anilines is 4. The highest BCUT2D eigenvalue weighted by Crippen LogP contribution is 2.26. The highest BCUT2D eigenvalue weighted by Gasteiger charge is 2.18. The Hall–Kier alpha value is -3.81. The number of ether oxygens (including phenoxy) is 2. The fourth-order valence-corrected chi connectivity index (χ4v) is 4.50. The van der Waals surface area contributed by atoms with Gasteiger partial charge in [0, 0.05) is 42.8 Å². The molecule has 2 N–H and O–H groups in total. The number of rotatable bonds is 7. The van der Waals surface area contributed by atoms with Crippen LogP contribution in [0.3, 0.4) is 0 Å². The molecule has 0 saturated carbocycles. The summed E-state index contributed by atoms with van der Waals surface area (Å²) in [6.45, 7) is 3.12. The first-order chi connectivity index (χ1) is 16.0. The number of morpholine rings is 1. The van der Waals surface area contributed by atoms with Gasteiger partial charge in [-0.25, -0.2) is 13.4 Å². The van der Waals surface area contributed by atoms with Crippen molar-refractivity contribution in [1.82, 2.24) is 4.98 Å². The van der Waals surface area contributed by atoms with Crippen LogP contribution in [0.25, 0.3) is 0 Å². The number of aromatic nitrogens is 1. The predicted molar refractivity (Wildman–Crippen MR) is 126 cm³/mol. The molecule has 1 aliphatic heterocycles. The van der Waals surface area contributed by atoms with E-state index in [1.807, 2.05) is 30.3 Å². The van der Waals surface area contributed by atoms with Crippen LogP contribution in [0.4, 0.5) is 22.9 Å². The SMILES string of the molecule is COc1cccc(S(=O)(=O)Nc2cc(Nc3ccc(N4CCOCC4)cc3)ncc2C#N)c1. The van der Waals surface area contributed by atoms with Crippen LogP contribution in [0, 0.1) is 11.3 Å². The van der Waals surface area contributed by atoms with E-state index in [2.05, 4.69) is 19.9 Å². The van der Waals surface area contributed by atoms with Crippen molar-refractivity contribution >= 4 is 32.9 Å². The summed E-state index contributed by atoms with van der Waals surface area (Å²) >= 11 is 0. The van der Waals surface area contributed by atoms with Gasteiger partial charge in [-0.1, -0.05) is 6.07 Å². The number of pyridine rings is 1. The molecule has 9 nitrogen and oxygen atoms in total. The van der Waals surface area contributed by atoms with E-state index < -0.39 is 10.0 Å². The Bertz CT molecular complexity index is 1270. The summed E-state index contributed by atoms with van der Waals surface area (Å²) in [5, 5.41) is 12.6. The maximum Gasteiger partial charge on any atom is 0.262 e. The molecular formula is C23H23N5O4S. The highest BCUT2D eigenvalue weighted by molar-refractivity contribution is 7.92. The van der Waals surface area contributed by atoms with Crippen LogP contribution in [-0.2, 0) is 14.8 Å². The Morgan fingerprint density at radius 3 is 2.58 bits per heavy atom. The second kappa shape index (κ2) is 9.77. The average molecular weight is 466 g/mol. The third kappa shape index (κ3) is 5.34. The monoisotopic (exact) mass is 465 g/mol. The number of hydrogen-bond acceptors (Lipinski definition) is 8. The number of nitrogens with zero attached hydrogens (tertiary/aromatic N) is 3. The van der Waals surface area contributed by atoms with Crippen LogP contribution in [0.2, 0.25) is 0 Å². The van der Waals surface area contributed by atoms with Crippen molar-refractivity contribution in [2.45, 2.75) is 4.90 Å². The van der Waals surface area contributed by atoms with Crippen molar-refractivity contribution in [1.29, 1.82) is 5.26 Å². The zero-order chi connectivity index (χ0) is 23.3. The fraction of sp³-hybridized carbons (Fsp3) is 0.217. The summed E-state index contributed by atoms with van der Waals surface area (Å²) < 4.78 is 38.7. The first-order valence-corrected chi connectivity index (χ1v) is 11.7. The van der Waals surface area contributed by atoms with Crippen molar-refractivity contribution in [3.8, 4) is 11.8 Å². The standard InChI is InChI=1S/C23H23N5O4S/c1-31-20-3-2-4-21(13-20)33(29,30)27-22-14-23(25-16-17(22)15-24)26-18-5-7-19(8-6-18)28-9-11-32-12-10-28/h2-8,13-14,16H,9-12H2,1H3,(H2,25,26,27). The second-order valence-corrected chi connectivity index (χ2v) is 8.97. The Kier molecular flexibility index (Phi) is 6.63. The number of hydrogen-bond donors (Lipinski definition) is 2. The third-order valence-corrected chi connectivity index (χ3v) is 6.50. The Labute approximate surface area is 192 Å². The van der Waals surface area contributed by atoms with E-state index in [4.69, 9.17) is 9.47 Å². The van der Waals surface area contributed by atoms with Gasteiger partial charge in [-0.2, -0.15) is 5.26 Å². The molecule has 0 spiro atoms. The molecule has 4 rings (SSSR count). The molecule has 2 heterocycles. The molecule has 1 fully saturated rings. The number of nitriles is 1. The molecule has 0 atom stereocenters. The smallest absolute Gasteiger partial charge is 0.262 e. The van der Waals surface area contributed by atoms with Crippen LogP contribution in [0.1, 0.15) is 5.56 Å². The van der Waals surface area contributed by atoms with Gasteiger partial charge in [-0.3, -0.25) is 4.72 Å². The van der Waals surface area contributed by atoms with Crippen LogP contribution in [0.5, 0.6) is 5.75 Å². The maximum absolute atomic E-state index is 12.9. The van der Waals surface area contributed by atoms with Gasteiger partial charge >= 0.3 is 0 Å². The minimum absolute atomic E-state index is 0.0239. The Morgan fingerprint density at radius 2 is 1.88 bits per heavy atom. The summed E-state index contributed by atoms with van der Waals surface area (Å²) in [6, 6.07) is 17.4. The summed E-state index contributed by atoms with van der Waals surface area (Å²) in [5.74, 6) is 0.812. The van der Waals surface area contributed by atoms with Gasteiger partial charge in [0.05, 0.1) is 36.5 Å². The first kappa shape index (κ1) is 22.4. The molecule has 1 saturated heterocycles. The predicted octanol–water partition coefficient (Wildman–Crippen LogP) is 3.34. The van der Waals surface area contributed by atoms with Crippen LogP contribution in [0.15, 0.2) is 65.7 Å². The van der Waals surface area contributed by atoms with Gasteiger partial charge in [-0.15, -0.1) is 0 Å². The molecule has 3 aromatic rings. The van der Waals surface area contributed by atoms with Crippen molar-refractivity contribution in [2.75, 3.05) is 48.4 Å². The third-order valence-electron chi connectivity index (χ3n) is 5.14.